The van der Waals surface area contributed by atoms with Crippen LogP contribution in [0.4, 0.5) is 0 Å². The number of hydrogen-bond donors (Lipinski definition) is 0. The Kier molecular flexibility index (Phi) is 3.91. The van der Waals surface area contributed by atoms with Gasteiger partial charge < -0.3 is 4.90 Å². The third kappa shape index (κ3) is 2.82. The van der Waals surface area contributed by atoms with Gasteiger partial charge >= 0.3 is 0 Å². The molecule has 2 atom stereocenters. The normalized spacial score (nSPS) is 27.6. The molecular weight excluding hydrogens is 304 g/mol. The van der Waals surface area contributed by atoms with Gasteiger partial charge in [0.1, 0.15) is 0 Å². The Morgan fingerprint density at radius 3 is 2.48 bits per heavy atom. The van der Waals surface area contributed by atoms with Crippen molar-refractivity contribution < 1.29 is 0 Å². The van der Waals surface area contributed by atoms with Crippen LogP contribution in [0.3, 0.4) is 0 Å². The molecule has 2 fully saturated rings. The molecule has 1 heterocycles. The SMILES string of the molecule is CN1CCN(CC2=C(c3ccc4ccccc4c3)C3CCC2C3)CC1. The molecule has 2 aliphatic carbocycles. The second-order valence-electron chi connectivity index (χ2n) is 8.29. The molecule has 0 radical (unpaired) electrons. The lowest BCUT2D eigenvalue weighted by molar-refractivity contribution is 0.161. The quantitative estimate of drug-likeness (QED) is 0.828. The molecule has 2 aromatic rings. The van der Waals surface area contributed by atoms with Crippen molar-refractivity contribution in [1.29, 1.82) is 0 Å². The Hall–Kier alpha value is -1.64. The number of nitrogens with zero attached hydrogens (tertiary/aromatic N) is 2. The highest BCUT2D eigenvalue weighted by Crippen LogP contribution is 2.52. The van der Waals surface area contributed by atoms with Crippen molar-refractivity contribution in [2.45, 2.75) is 19.3 Å². The first-order valence-corrected chi connectivity index (χ1v) is 9.91. The number of benzene rings is 2. The summed E-state index contributed by atoms with van der Waals surface area (Å²) in [6, 6.07) is 15.9. The van der Waals surface area contributed by atoms with Crippen molar-refractivity contribution in [3.8, 4) is 0 Å². The van der Waals surface area contributed by atoms with Crippen LogP contribution in [-0.4, -0.2) is 49.6 Å². The van der Waals surface area contributed by atoms with Gasteiger partial charge in [-0.3, -0.25) is 4.90 Å². The third-order valence-electron chi connectivity index (χ3n) is 6.73. The minimum absolute atomic E-state index is 0.814. The van der Waals surface area contributed by atoms with E-state index in [4.69, 9.17) is 0 Å². The molecule has 130 valence electrons. The molecule has 1 aliphatic heterocycles. The van der Waals surface area contributed by atoms with E-state index in [1.807, 2.05) is 0 Å². The summed E-state index contributed by atoms with van der Waals surface area (Å²) in [6.45, 7) is 6.08. The summed E-state index contributed by atoms with van der Waals surface area (Å²) >= 11 is 0. The molecule has 2 unspecified atom stereocenters. The van der Waals surface area contributed by atoms with Crippen LogP contribution in [0.5, 0.6) is 0 Å². The molecule has 0 spiro atoms. The molecule has 0 N–H and O–H groups in total. The maximum absolute atomic E-state index is 2.69. The van der Waals surface area contributed by atoms with Crippen LogP contribution in [-0.2, 0) is 0 Å². The van der Waals surface area contributed by atoms with Crippen molar-refractivity contribution >= 4 is 16.3 Å². The van der Waals surface area contributed by atoms with E-state index in [1.165, 1.54) is 68.3 Å². The molecule has 2 nitrogen and oxygen atoms in total. The van der Waals surface area contributed by atoms with Crippen molar-refractivity contribution in [2.24, 2.45) is 11.8 Å². The van der Waals surface area contributed by atoms with E-state index in [0.717, 1.165) is 11.8 Å². The number of likely N-dealkylation sites (N-methyl/N-ethyl adjacent to an activating group) is 1. The predicted molar refractivity (Wildman–Crippen MR) is 106 cm³/mol. The average Bonchev–Trinajstić information content (AvgIpc) is 3.25. The second-order valence-corrected chi connectivity index (χ2v) is 8.29. The molecule has 3 aliphatic rings. The summed E-state index contributed by atoms with van der Waals surface area (Å²) in [7, 11) is 2.24. The summed E-state index contributed by atoms with van der Waals surface area (Å²) in [5.74, 6) is 1.67. The van der Waals surface area contributed by atoms with E-state index >= 15 is 0 Å². The maximum atomic E-state index is 2.69. The summed E-state index contributed by atoms with van der Waals surface area (Å²) in [4.78, 5) is 5.15. The van der Waals surface area contributed by atoms with Crippen LogP contribution < -0.4 is 0 Å². The van der Waals surface area contributed by atoms with E-state index in [-0.39, 0.29) is 0 Å². The Balaban J connectivity index is 1.50. The smallest absolute Gasteiger partial charge is 0.0202 e. The molecule has 0 aromatic heterocycles. The van der Waals surface area contributed by atoms with Gasteiger partial charge in [0.15, 0.2) is 0 Å². The lowest BCUT2D eigenvalue weighted by atomic mass is 9.86. The van der Waals surface area contributed by atoms with Crippen molar-refractivity contribution in [3.63, 3.8) is 0 Å². The monoisotopic (exact) mass is 332 g/mol. The Morgan fingerprint density at radius 1 is 0.880 bits per heavy atom. The highest BCUT2D eigenvalue weighted by atomic mass is 15.2. The Bertz CT molecular complexity index is 814. The summed E-state index contributed by atoms with van der Waals surface area (Å²) in [5, 5.41) is 2.74. The van der Waals surface area contributed by atoms with Gasteiger partial charge in [-0.25, -0.2) is 0 Å². The van der Waals surface area contributed by atoms with Crippen LogP contribution in [0, 0.1) is 11.8 Å². The van der Waals surface area contributed by atoms with Gasteiger partial charge in [-0.05, 0) is 71.7 Å². The Morgan fingerprint density at radius 2 is 1.64 bits per heavy atom. The lowest BCUT2D eigenvalue weighted by Gasteiger charge is -2.34. The third-order valence-corrected chi connectivity index (χ3v) is 6.73. The van der Waals surface area contributed by atoms with E-state index in [9.17, 15) is 0 Å². The van der Waals surface area contributed by atoms with Crippen molar-refractivity contribution in [2.75, 3.05) is 39.8 Å². The number of fused-ring (bicyclic) bond motifs is 3. The molecule has 2 heteroatoms. The van der Waals surface area contributed by atoms with Gasteiger partial charge in [0.2, 0.25) is 0 Å². The van der Waals surface area contributed by atoms with Crippen LogP contribution >= 0.6 is 0 Å². The average molecular weight is 332 g/mol. The topological polar surface area (TPSA) is 6.48 Å². The molecular formula is C23H28N2. The van der Waals surface area contributed by atoms with Gasteiger partial charge in [-0.15, -0.1) is 0 Å². The van der Waals surface area contributed by atoms with E-state index in [1.54, 1.807) is 11.1 Å². The van der Waals surface area contributed by atoms with E-state index in [2.05, 4.69) is 59.3 Å². The first kappa shape index (κ1) is 15.6. The number of rotatable bonds is 3. The van der Waals surface area contributed by atoms with Gasteiger partial charge in [-0.1, -0.05) is 36.4 Å². The van der Waals surface area contributed by atoms with Gasteiger partial charge in [-0.2, -0.15) is 0 Å². The van der Waals surface area contributed by atoms with Gasteiger partial charge in [0, 0.05) is 32.7 Å². The van der Waals surface area contributed by atoms with Crippen LogP contribution in [0.15, 0.2) is 48.0 Å². The number of piperazine rings is 1. The highest BCUT2D eigenvalue weighted by Gasteiger charge is 2.39. The maximum Gasteiger partial charge on any atom is 0.0202 e. The molecule has 1 saturated carbocycles. The number of allylic oxidation sites excluding steroid dienone is 1. The van der Waals surface area contributed by atoms with Gasteiger partial charge in [0.05, 0.1) is 0 Å². The zero-order valence-corrected chi connectivity index (χ0v) is 15.2. The predicted octanol–water partition coefficient (Wildman–Crippen LogP) is 4.27. The summed E-state index contributed by atoms with van der Waals surface area (Å²) in [6.07, 6.45) is 4.23. The summed E-state index contributed by atoms with van der Waals surface area (Å²) < 4.78 is 0. The molecule has 0 amide bonds. The fraction of sp³-hybridized carbons (Fsp3) is 0.478. The second kappa shape index (κ2) is 6.26. The molecule has 2 bridgehead atoms. The zero-order valence-electron chi connectivity index (χ0n) is 15.2. The minimum Gasteiger partial charge on any atom is -0.304 e. The lowest BCUT2D eigenvalue weighted by Crippen LogP contribution is -2.45. The molecule has 1 saturated heterocycles. The van der Waals surface area contributed by atoms with Gasteiger partial charge in [0.25, 0.3) is 0 Å². The molecule has 2 aromatic carbocycles. The first-order valence-electron chi connectivity index (χ1n) is 9.91. The van der Waals surface area contributed by atoms with Crippen LogP contribution in [0.2, 0.25) is 0 Å². The molecule has 5 rings (SSSR count). The first-order chi connectivity index (χ1) is 12.3. The fourth-order valence-electron chi connectivity index (χ4n) is 5.28. The van der Waals surface area contributed by atoms with Crippen molar-refractivity contribution in [3.05, 3.63) is 53.6 Å². The highest BCUT2D eigenvalue weighted by molar-refractivity contribution is 5.87. The van der Waals surface area contributed by atoms with E-state index < -0.39 is 0 Å². The summed E-state index contributed by atoms with van der Waals surface area (Å²) in [5.41, 5.74) is 4.98. The van der Waals surface area contributed by atoms with E-state index in [0.29, 0.717) is 0 Å². The molecule has 25 heavy (non-hydrogen) atoms. The van der Waals surface area contributed by atoms with Crippen molar-refractivity contribution in [1.82, 2.24) is 9.80 Å². The largest absolute Gasteiger partial charge is 0.304 e. The van der Waals surface area contributed by atoms with Crippen LogP contribution in [0.25, 0.3) is 16.3 Å². The Labute approximate surface area is 151 Å². The minimum atomic E-state index is 0.814. The zero-order chi connectivity index (χ0) is 16.8. The fourth-order valence-corrected chi connectivity index (χ4v) is 5.28. The number of hydrogen-bond acceptors (Lipinski definition) is 2. The standard InChI is InChI=1S/C23H28N2/c1-24-10-12-25(13-11-24)16-22-19-7-9-21(15-19)23(22)20-8-6-17-4-2-3-5-18(17)14-20/h2-6,8,14,19,21H,7,9-13,15-16H2,1H3. The van der Waals surface area contributed by atoms with Crippen LogP contribution in [0.1, 0.15) is 24.8 Å².